The van der Waals surface area contributed by atoms with Crippen molar-refractivity contribution in [3.8, 4) is 0 Å². The van der Waals surface area contributed by atoms with Gasteiger partial charge in [0.2, 0.25) is 0 Å². The second-order valence-corrected chi connectivity index (χ2v) is 6.29. The Morgan fingerprint density at radius 1 is 1.16 bits per heavy atom. The van der Waals surface area contributed by atoms with Crippen LogP contribution in [0.15, 0.2) is 0 Å². The highest BCUT2D eigenvalue weighted by Gasteiger charge is 2.14. The largest absolute Gasteiger partial charge is 0.379 e. The zero-order chi connectivity index (χ0) is 13.9. The Bertz CT molecular complexity index is 203. The van der Waals surface area contributed by atoms with Crippen molar-refractivity contribution in [1.29, 1.82) is 0 Å². The van der Waals surface area contributed by atoms with E-state index in [-0.39, 0.29) is 0 Å². The summed E-state index contributed by atoms with van der Waals surface area (Å²) >= 11 is 0. The van der Waals surface area contributed by atoms with Crippen molar-refractivity contribution in [2.45, 2.75) is 58.5 Å². The van der Waals surface area contributed by atoms with Crippen molar-refractivity contribution < 1.29 is 4.74 Å². The molecule has 1 aliphatic rings. The molecule has 1 fully saturated rings. The van der Waals surface area contributed by atoms with Gasteiger partial charge < -0.3 is 15.0 Å². The average molecular weight is 270 g/mol. The van der Waals surface area contributed by atoms with Gasteiger partial charge in [-0.2, -0.15) is 0 Å². The minimum Gasteiger partial charge on any atom is -0.379 e. The zero-order valence-corrected chi connectivity index (χ0v) is 13.3. The lowest BCUT2D eigenvalue weighted by molar-refractivity contribution is 0.0770. The van der Waals surface area contributed by atoms with E-state index in [2.05, 4.69) is 31.1 Å². The minimum atomic E-state index is 0.363. The Hall–Kier alpha value is -0.120. The molecule has 0 aromatic heterocycles. The van der Waals surface area contributed by atoms with Gasteiger partial charge >= 0.3 is 0 Å². The van der Waals surface area contributed by atoms with Crippen LogP contribution < -0.4 is 5.32 Å². The molecule has 1 N–H and O–H groups in total. The van der Waals surface area contributed by atoms with Gasteiger partial charge in [0.25, 0.3) is 0 Å². The van der Waals surface area contributed by atoms with Crippen molar-refractivity contribution in [1.82, 2.24) is 10.2 Å². The molecule has 0 unspecified atom stereocenters. The van der Waals surface area contributed by atoms with E-state index in [4.69, 9.17) is 4.74 Å². The van der Waals surface area contributed by atoms with Crippen LogP contribution in [0.5, 0.6) is 0 Å². The van der Waals surface area contributed by atoms with Gasteiger partial charge in [0.15, 0.2) is 0 Å². The predicted molar refractivity (Wildman–Crippen MR) is 82.6 cm³/mol. The summed E-state index contributed by atoms with van der Waals surface area (Å²) in [5.41, 5.74) is 0. The smallest absolute Gasteiger partial charge is 0.0518 e. The van der Waals surface area contributed by atoms with Crippen molar-refractivity contribution in [3.63, 3.8) is 0 Å². The highest BCUT2D eigenvalue weighted by Crippen LogP contribution is 2.23. The summed E-state index contributed by atoms with van der Waals surface area (Å²) in [6.07, 6.45) is 8.74. The molecule has 0 saturated heterocycles. The molecular formula is C16H34N2O. The van der Waals surface area contributed by atoms with Crippen LogP contribution in [0.3, 0.4) is 0 Å². The number of likely N-dealkylation sites (N-methyl/N-ethyl adjacent to an activating group) is 1. The van der Waals surface area contributed by atoms with Crippen molar-refractivity contribution >= 4 is 0 Å². The summed E-state index contributed by atoms with van der Waals surface area (Å²) in [6, 6.07) is 0. The second-order valence-electron chi connectivity index (χ2n) is 6.29. The fourth-order valence-corrected chi connectivity index (χ4v) is 2.81. The Kier molecular flexibility index (Phi) is 9.48. The SMILES string of the molecule is CC(C)OCCCNCCN(C)CC1CCCCC1. The summed E-state index contributed by atoms with van der Waals surface area (Å²) < 4.78 is 5.52. The second kappa shape index (κ2) is 10.6. The molecule has 3 nitrogen and oxygen atoms in total. The summed E-state index contributed by atoms with van der Waals surface area (Å²) in [5, 5.41) is 3.51. The van der Waals surface area contributed by atoms with Crippen LogP contribution in [-0.2, 0) is 4.74 Å². The van der Waals surface area contributed by atoms with E-state index in [0.29, 0.717) is 6.10 Å². The molecule has 0 bridgehead atoms. The molecule has 0 aliphatic heterocycles. The molecule has 1 aliphatic carbocycles. The van der Waals surface area contributed by atoms with Crippen molar-refractivity contribution in [3.05, 3.63) is 0 Å². The molecule has 0 aromatic carbocycles. The lowest BCUT2D eigenvalue weighted by Crippen LogP contribution is -2.33. The molecule has 0 amide bonds. The maximum absolute atomic E-state index is 5.52. The summed E-state index contributed by atoms with van der Waals surface area (Å²) in [7, 11) is 2.26. The molecule has 0 spiro atoms. The first kappa shape index (κ1) is 16.9. The first-order valence-electron chi connectivity index (χ1n) is 8.19. The van der Waals surface area contributed by atoms with Gasteiger partial charge in [0, 0.05) is 26.2 Å². The first-order chi connectivity index (χ1) is 9.18. The van der Waals surface area contributed by atoms with E-state index in [1.807, 2.05) is 0 Å². The highest BCUT2D eigenvalue weighted by atomic mass is 16.5. The topological polar surface area (TPSA) is 24.5 Å². The van der Waals surface area contributed by atoms with E-state index in [0.717, 1.165) is 32.0 Å². The maximum Gasteiger partial charge on any atom is 0.0518 e. The Morgan fingerprint density at radius 2 is 1.89 bits per heavy atom. The lowest BCUT2D eigenvalue weighted by Gasteiger charge is -2.27. The third-order valence-corrected chi connectivity index (χ3v) is 3.91. The predicted octanol–water partition coefficient (Wildman–Crippen LogP) is 2.90. The van der Waals surface area contributed by atoms with Crippen LogP contribution in [-0.4, -0.2) is 50.8 Å². The quantitative estimate of drug-likeness (QED) is 0.618. The molecular weight excluding hydrogens is 236 g/mol. The third-order valence-electron chi connectivity index (χ3n) is 3.91. The first-order valence-corrected chi connectivity index (χ1v) is 8.19. The molecule has 0 radical (unpaired) electrons. The Morgan fingerprint density at radius 3 is 2.58 bits per heavy atom. The number of hydrogen-bond acceptors (Lipinski definition) is 3. The van der Waals surface area contributed by atoms with Crippen LogP contribution in [0, 0.1) is 5.92 Å². The zero-order valence-electron chi connectivity index (χ0n) is 13.3. The fourth-order valence-electron chi connectivity index (χ4n) is 2.81. The number of rotatable bonds is 10. The van der Waals surface area contributed by atoms with Gasteiger partial charge in [-0.15, -0.1) is 0 Å². The van der Waals surface area contributed by atoms with Gasteiger partial charge in [-0.3, -0.25) is 0 Å². The van der Waals surface area contributed by atoms with Gasteiger partial charge in [0.1, 0.15) is 0 Å². The minimum absolute atomic E-state index is 0.363. The molecule has 0 atom stereocenters. The van der Waals surface area contributed by atoms with Gasteiger partial charge in [-0.25, -0.2) is 0 Å². The molecule has 114 valence electrons. The number of nitrogens with zero attached hydrogens (tertiary/aromatic N) is 1. The monoisotopic (exact) mass is 270 g/mol. The van der Waals surface area contributed by atoms with Crippen LogP contribution in [0.25, 0.3) is 0 Å². The van der Waals surface area contributed by atoms with Crippen LogP contribution >= 0.6 is 0 Å². The van der Waals surface area contributed by atoms with E-state index in [1.165, 1.54) is 45.2 Å². The third kappa shape index (κ3) is 9.42. The Labute approximate surface area is 120 Å². The summed E-state index contributed by atoms with van der Waals surface area (Å²) in [5.74, 6) is 0.957. The van der Waals surface area contributed by atoms with Crippen LogP contribution in [0.4, 0.5) is 0 Å². The standard InChI is InChI=1S/C16H34N2O/c1-15(2)19-13-7-10-17-11-12-18(3)14-16-8-5-4-6-9-16/h15-17H,4-14H2,1-3H3. The number of hydrogen-bond donors (Lipinski definition) is 1. The highest BCUT2D eigenvalue weighted by molar-refractivity contribution is 4.69. The van der Waals surface area contributed by atoms with Crippen LogP contribution in [0.1, 0.15) is 52.4 Å². The molecule has 0 aromatic rings. The molecule has 3 heteroatoms. The fraction of sp³-hybridized carbons (Fsp3) is 1.00. The lowest BCUT2D eigenvalue weighted by atomic mass is 9.89. The number of ether oxygens (including phenoxy) is 1. The molecule has 1 rings (SSSR count). The number of nitrogens with one attached hydrogen (secondary N) is 1. The van der Waals surface area contributed by atoms with E-state index < -0.39 is 0 Å². The summed E-state index contributed by atoms with van der Waals surface area (Å²) in [6.45, 7) is 9.69. The van der Waals surface area contributed by atoms with E-state index in [9.17, 15) is 0 Å². The normalized spacial score (nSPS) is 17.5. The van der Waals surface area contributed by atoms with E-state index >= 15 is 0 Å². The van der Waals surface area contributed by atoms with Gasteiger partial charge in [-0.05, 0) is 52.6 Å². The van der Waals surface area contributed by atoms with Crippen molar-refractivity contribution in [2.24, 2.45) is 5.92 Å². The average Bonchev–Trinajstić information content (AvgIpc) is 2.38. The van der Waals surface area contributed by atoms with E-state index in [1.54, 1.807) is 0 Å². The molecule has 19 heavy (non-hydrogen) atoms. The van der Waals surface area contributed by atoms with Gasteiger partial charge in [-0.1, -0.05) is 19.3 Å². The maximum atomic E-state index is 5.52. The molecule has 1 saturated carbocycles. The molecule has 0 heterocycles. The van der Waals surface area contributed by atoms with Gasteiger partial charge in [0.05, 0.1) is 6.10 Å². The van der Waals surface area contributed by atoms with Crippen molar-refractivity contribution in [2.75, 3.05) is 39.8 Å². The van der Waals surface area contributed by atoms with Crippen LogP contribution in [0.2, 0.25) is 0 Å². The summed E-state index contributed by atoms with van der Waals surface area (Å²) in [4.78, 5) is 2.49. The Balaban J connectivity index is 1.88.